The molecule has 0 saturated carbocycles. The van der Waals surface area contributed by atoms with Crippen molar-refractivity contribution >= 4 is 22.6 Å². The second kappa shape index (κ2) is 5.81. The maximum absolute atomic E-state index is 11.1. The Kier molecular flexibility index (Phi) is 3.81. The predicted molar refractivity (Wildman–Crippen MR) is 90.7 cm³/mol. The second-order valence-electron chi connectivity index (χ2n) is 5.84. The van der Waals surface area contributed by atoms with Gasteiger partial charge >= 0.3 is 5.97 Å². The molecule has 0 aliphatic heterocycles. The van der Waals surface area contributed by atoms with Gasteiger partial charge in [-0.1, -0.05) is 11.6 Å². The Morgan fingerprint density at radius 1 is 1.21 bits per heavy atom. The first-order chi connectivity index (χ1) is 11.4. The van der Waals surface area contributed by atoms with E-state index in [1.54, 1.807) is 19.2 Å². The minimum atomic E-state index is -0.893. The van der Waals surface area contributed by atoms with Crippen molar-refractivity contribution in [2.24, 2.45) is 0 Å². The Balaban J connectivity index is 2.23. The van der Waals surface area contributed by atoms with Crippen LogP contribution in [0.3, 0.4) is 0 Å². The van der Waals surface area contributed by atoms with Gasteiger partial charge in [-0.2, -0.15) is 0 Å². The number of carbonyl (C=O) groups is 1. The van der Waals surface area contributed by atoms with E-state index in [9.17, 15) is 14.9 Å². The van der Waals surface area contributed by atoms with Crippen LogP contribution in [0, 0.1) is 24.0 Å². The van der Waals surface area contributed by atoms with Crippen molar-refractivity contribution < 1.29 is 14.8 Å². The van der Waals surface area contributed by atoms with Gasteiger partial charge in [0.2, 0.25) is 0 Å². The zero-order valence-electron chi connectivity index (χ0n) is 13.3. The largest absolute Gasteiger partial charge is 0.481 e. The van der Waals surface area contributed by atoms with Crippen LogP contribution in [-0.2, 0) is 11.2 Å². The van der Waals surface area contributed by atoms with E-state index < -0.39 is 10.9 Å². The molecule has 0 bridgehead atoms. The number of hydrogen-bond acceptors (Lipinski definition) is 3. The van der Waals surface area contributed by atoms with Gasteiger partial charge in [0.15, 0.2) is 0 Å². The van der Waals surface area contributed by atoms with Crippen molar-refractivity contribution in [1.29, 1.82) is 0 Å². The minimum absolute atomic E-state index is 0.0364. The molecular weight excluding hydrogens is 308 g/mol. The van der Waals surface area contributed by atoms with Gasteiger partial charge in [-0.15, -0.1) is 0 Å². The van der Waals surface area contributed by atoms with Crippen LogP contribution in [0.1, 0.15) is 16.7 Å². The second-order valence-corrected chi connectivity index (χ2v) is 5.84. The number of aromatic nitrogens is 1. The van der Waals surface area contributed by atoms with E-state index in [0.29, 0.717) is 0 Å². The molecule has 122 valence electrons. The highest BCUT2D eigenvalue weighted by Crippen LogP contribution is 2.29. The number of nitro benzene ring substituents is 1. The summed E-state index contributed by atoms with van der Waals surface area (Å²) in [6.07, 6.45) is 1.73. The van der Waals surface area contributed by atoms with Crippen LogP contribution in [0.25, 0.3) is 16.6 Å². The number of carboxylic acid groups (broad SMARTS) is 1. The van der Waals surface area contributed by atoms with E-state index in [1.165, 1.54) is 12.1 Å². The zero-order chi connectivity index (χ0) is 17.4. The molecule has 0 saturated heterocycles. The smallest absolute Gasteiger partial charge is 0.307 e. The lowest BCUT2D eigenvalue weighted by atomic mass is 10.1. The molecule has 3 rings (SSSR count). The van der Waals surface area contributed by atoms with Crippen molar-refractivity contribution in [3.8, 4) is 5.69 Å². The average Bonchev–Trinajstić information content (AvgIpc) is 2.84. The Morgan fingerprint density at radius 2 is 1.96 bits per heavy atom. The Bertz CT molecular complexity index is 973. The van der Waals surface area contributed by atoms with E-state index >= 15 is 0 Å². The van der Waals surface area contributed by atoms with E-state index in [4.69, 9.17) is 5.11 Å². The topological polar surface area (TPSA) is 85.4 Å². The summed E-state index contributed by atoms with van der Waals surface area (Å²) >= 11 is 0. The number of nitro groups is 1. The molecule has 1 aromatic heterocycles. The van der Waals surface area contributed by atoms with Crippen molar-refractivity contribution in [2.75, 3.05) is 0 Å². The van der Waals surface area contributed by atoms with Gasteiger partial charge in [-0.25, -0.2) is 0 Å². The number of rotatable bonds is 4. The third kappa shape index (κ3) is 2.74. The molecule has 6 nitrogen and oxygen atoms in total. The standard InChI is InChI=1S/C18H16N2O4/c1-11-3-5-17-15(7-11)13(9-18(21)22)10-19(17)16-6-4-14(20(23)24)8-12(16)2/h3-8,10H,9H2,1-2H3,(H,21,22). The lowest BCUT2D eigenvalue weighted by Gasteiger charge is -2.09. The first-order valence-electron chi connectivity index (χ1n) is 7.44. The molecule has 3 aromatic rings. The monoisotopic (exact) mass is 324 g/mol. The molecule has 0 atom stereocenters. The number of fused-ring (bicyclic) bond motifs is 1. The van der Waals surface area contributed by atoms with Crippen LogP contribution in [0.5, 0.6) is 0 Å². The summed E-state index contributed by atoms with van der Waals surface area (Å²) in [6, 6.07) is 10.5. The maximum Gasteiger partial charge on any atom is 0.307 e. The van der Waals surface area contributed by atoms with Crippen molar-refractivity contribution in [2.45, 2.75) is 20.3 Å². The molecule has 0 aliphatic rings. The third-order valence-electron chi connectivity index (χ3n) is 4.03. The first kappa shape index (κ1) is 15.7. The fourth-order valence-electron chi connectivity index (χ4n) is 2.94. The Hall–Kier alpha value is -3.15. The average molecular weight is 324 g/mol. The summed E-state index contributed by atoms with van der Waals surface area (Å²) in [6.45, 7) is 3.76. The molecule has 1 heterocycles. The molecule has 0 radical (unpaired) electrons. The van der Waals surface area contributed by atoms with Crippen LogP contribution < -0.4 is 0 Å². The molecule has 24 heavy (non-hydrogen) atoms. The molecule has 0 fully saturated rings. The number of carboxylic acids is 1. The van der Waals surface area contributed by atoms with Gasteiger partial charge in [-0.05, 0) is 43.2 Å². The fourth-order valence-corrected chi connectivity index (χ4v) is 2.94. The molecule has 0 spiro atoms. The predicted octanol–water partition coefficient (Wildman–Crippen LogP) is 3.78. The molecule has 1 N–H and O–H groups in total. The lowest BCUT2D eigenvalue weighted by molar-refractivity contribution is -0.384. The van der Waals surface area contributed by atoms with Crippen molar-refractivity contribution in [1.82, 2.24) is 4.57 Å². The first-order valence-corrected chi connectivity index (χ1v) is 7.44. The third-order valence-corrected chi connectivity index (χ3v) is 4.03. The van der Waals surface area contributed by atoms with E-state index in [0.717, 1.165) is 33.3 Å². The summed E-state index contributed by atoms with van der Waals surface area (Å²) in [5.74, 6) is -0.893. The van der Waals surface area contributed by atoms with Crippen LogP contribution >= 0.6 is 0 Å². The van der Waals surface area contributed by atoms with Crippen LogP contribution in [0.15, 0.2) is 42.6 Å². The number of hydrogen-bond donors (Lipinski definition) is 1. The number of nitrogens with zero attached hydrogens (tertiary/aromatic N) is 2. The van der Waals surface area contributed by atoms with Crippen LogP contribution in [-0.4, -0.2) is 20.6 Å². The van der Waals surface area contributed by atoms with Gasteiger partial charge in [0.1, 0.15) is 0 Å². The minimum Gasteiger partial charge on any atom is -0.481 e. The maximum atomic E-state index is 11.1. The quantitative estimate of drug-likeness (QED) is 0.584. The number of benzene rings is 2. The number of aryl methyl sites for hydroxylation is 2. The van der Waals surface area contributed by atoms with E-state index in [-0.39, 0.29) is 12.1 Å². The lowest BCUT2D eigenvalue weighted by Crippen LogP contribution is -2.00. The van der Waals surface area contributed by atoms with Crippen molar-refractivity contribution in [3.63, 3.8) is 0 Å². The highest BCUT2D eigenvalue weighted by Gasteiger charge is 2.15. The zero-order valence-corrected chi connectivity index (χ0v) is 13.3. The van der Waals surface area contributed by atoms with E-state index in [1.807, 2.05) is 29.7 Å². The highest BCUT2D eigenvalue weighted by molar-refractivity contribution is 5.89. The van der Waals surface area contributed by atoms with Crippen LogP contribution in [0.4, 0.5) is 5.69 Å². The fraction of sp³-hybridized carbons (Fsp3) is 0.167. The summed E-state index contributed by atoms with van der Waals surface area (Å²) in [5.41, 5.74) is 4.24. The molecule has 0 aliphatic carbocycles. The molecule has 0 unspecified atom stereocenters. The number of aliphatic carboxylic acids is 1. The van der Waals surface area contributed by atoms with Crippen molar-refractivity contribution in [3.05, 3.63) is 69.4 Å². The van der Waals surface area contributed by atoms with Gasteiger partial charge in [-0.3, -0.25) is 14.9 Å². The van der Waals surface area contributed by atoms with Gasteiger partial charge in [0.25, 0.3) is 5.69 Å². The number of non-ortho nitro benzene ring substituents is 1. The van der Waals surface area contributed by atoms with Gasteiger partial charge in [0.05, 0.1) is 16.9 Å². The molecule has 6 heteroatoms. The summed E-state index contributed by atoms with van der Waals surface area (Å²) < 4.78 is 1.89. The van der Waals surface area contributed by atoms with Gasteiger partial charge < -0.3 is 9.67 Å². The summed E-state index contributed by atoms with van der Waals surface area (Å²) in [7, 11) is 0. The van der Waals surface area contributed by atoms with Crippen LogP contribution in [0.2, 0.25) is 0 Å². The molecular formula is C18H16N2O4. The highest BCUT2D eigenvalue weighted by atomic mass is 16.6. The van der Waals surface area contributed by atoms with Gasteiger partial charge in [0, 0.05) is 29.4 Å². The summed E-state index contributed by atoms with van der Waals surface area (Å²) in [4.78, 5) is 21.6. The SMILES string of the molecule is Cc1ccc2c(c1)c(CC(=O)O)cn2-c1ccc([N+](=O)[O-])cc1C. The Labute approximate surface area is 138 Å². The molecule has 2 aromatic carbocycles. The summed E-state index contributed by atoms with van der Waals surface area (Å²) in [5, 5.41) is 20.9. The van der Waals surface area contributed by atoms with E-state index in [2.05, 4.69) is 0 Å². The normalized spacial score (nSPS) is 10.9. The Morgan fingerprint density at radius 3 is 2.58 bits per heavy atom. The molecule has 0 amide bonds.